The number of tetrazole rings is 1. The van der Waals surface area contributed by atoms with Gasteiger partial charge in [-0.2, -0.15) is 0 Å². The monoisotopic (exact) mass is 535 g/mol. The molecule has 0 spiro atoms. The van der Waals surface area contributed by atoms with Crippen LogP contribution in [0.4, 0.5) is 0 Å². The van der Waals surface area contributed by atoms with Gasteiger partial charge in [0.25, 0.3) is 0 Å². The number of hydrogen-bond acceptors (Lipinski definition) is 7. The van der Waals surface area contributed by atoms with E-state index in [1.54, 1.807) is 0 Å². The summed E-state index contributed by atoms with van der Waals surface area (Å²) in [5, 5.41) is 16.6. The van der Waals surface area contributed by atoms with Crippen molar-refractivity contribution in [3.63, 3.8) is 0 Å². The van der Waals surface area contributed by atoms with Crippen molar-refractivity contribution in [1.82, 2.24) is 35.3 Å². The fourth-order valence-electron chi connectivity index (χ4n) is 7.77. The van der Waals surface area contributed by atoms with E-state index in [0.717, 1.165) is 70.1 Å². The molecule has 4 fully saturated rings. The largest absolute Gasteiger partial charge is 0.381 e. The molecule has 6 rings (SSSR count). The predicted octanol–water partition coefficient (Wildman–Crippen LogP) is 3.23. The maximum Gasteiger partial charge on any atom is 0.225 e. The molecule has 2 aliphatic heterocycles. The molecule has 2 aliphatic carbocycles. The minimum absolute atomic E-state index is 0.117. The molecule has 2 saturated carbocycles. The van der Waals surface area contributed by atoms with Crippen molar-refractivity contribution in [3.05, 3.63) is 41.7 Å². The Kier molecular flexibility index (Phi) is 8.56. The number of amides is 1. The van der Waals surface area contributed by atoms with Crippen LogP contribution in [0.1, 0.15) is 75.2 Å². The summed E-state index contributed by atoms with van der Waals surface area (Å²) in [5.74, 6) is 1.29. The van der Waals surface area contributed by atoms with Gasteiger partial charge in [-0.25, -0.2) is 4.68 Å². The molecule has 0 bridgehead atoms. The molecule has 2 aromatic rings. The number of carbonyl (C=O) groups excluding carboxylic acids is 1. The van der Waals surface area contributed by atoms with Gasteiger partial charge < -0.3 is 10.1 Å². The normalized spacial score (nSPS) is 30.0. The number of aromatic nitrogens is 4. The molecule has 0 radical (unpaired) electrons. The van der Waals surface area contributed by atoms with Crippen LogP contribution >= 0.6 is 0 Å². The second kappa shape index (κ2) is 12.4. The van der Waals surface area contributed by atoms with Gasteiger partial charge in [-0.15, -0.1) is 5.10 Å². The van der Waals surface area contributed by atoms with Gasteiger partial charge in [-0.1, -0.05) is 49.6 Å². The molecule has 3 heterocycles. The van der Waals surface area contributed by atoms with E-state index in [0.29, 0.717) is 12.5 Å². The summed E-state index contributed by atoms with van der Waals surface area (Å²) >= 11 is 0. The first kappa shape index (κ1) is 26.8. The molecule has 1 aromatic carbocycles. The van der Waals surface area contributed by atoms with Crippen LogP contribution in [-0.2, 0) is 22.5 Å². The third-order valence-electron chi connectivity index (χ3n) is 9.98. The molecule has 2 saturated heterocycles. The third kappa shape index (κ3) is 6.05. The molecule has 4 aliphatic rings. The van der Waals surface area contributed by atoms with Crippen LogP contribution in [-0.4, -0.2) is 87.4 Å². The summed E-state index contributed by atoms with van der Waals surface area (Å²) in [6, 6.07) is 11.4. The highest BCUT2D eigenvalue weighted by molar-refractivity contribution is 5.80. The molecule has 1 amide bonds. The van der Waals surface area contributed by atoms with Gasteiger partial charge in [0.2, 0.25) is 5.91 Å². The number of fused-ring (bicyclic) bond motifs is 1. The van der Waals surface area contributed by atoms with Crippen LogP contribution in [0.3, 0.4) is 0 Å². The smallest absolute Gasteiger partial charge is 0.225 e. The van der Waals surface area contributed by atoms with E-state index < -0.39 is 0 Å². The minimum atomic E-state index is -0.162. The minimum Gasteiger partial charge on any atom is -0.381 e. The van der Waals surface area contributed by atoms with Gasteiger partial charge in [0.05, 0.1) is 18.1 Å². The summed E-state index contributed by atoms with van der Waals surface area (Å²) in [4.78, 5) is 18.9. The Bertz CT molecular complexity index is 1060. The molecular formula is C30H45N7O2. The van der Waals surface area contributed by atoms with Crippen LogP contribution in [0.15, 0.2) is 30.3 Å². The second-order valence-corrected chi connectivity index (χ2v) is 12.2. The number of piperidine rings is 1. The number of hydrogen-bond donors (Lipinski definition) is 1. The van der Waals surface area contributed by atoms with Crippen molar-refractivity contribution in [1.29, 1.82) is 0 Å². The van der Waals surface area contributed by atoms with Crippen LogP contribution in [0.2, 0.25) is 0 Å². The van der Waals surface area contributed by atoms with E-state index in [-0.39, 0.29) is 30.0 Å². The predicted molar refractivity (Wildman–Crippen MR) is 149 cm³/mol. The number of piperazine rings is 1. The zero-order valence-corrected chi connectivity index (χ0v) is 23.5. The average Bonchev–Trinajstić information content (AvgIpc) is 3.45. The van der Waals surface area contributed by atoms with Gasteiger partial charge >= 0.3 is 0 Å². The summed E-state index contributed by atoms with van der Waals surface area (Å²) < 4.78 is 7.71. The number of benzene rings is 1. The Morgan fingerprint density at radius 2 is 1.79 bits per heavy atom. The first-order chi connectivity index (χ1) is 19.2. The van der Waals surface area contributed by atoms with Gasteiger partial charge in [-0.3, -0.25) is 14.6 Å². The van der Waals surface area contributed by atoms with Crippen LogP contribution < -0.4 is 5.32 Å². The first-order valence-electron chi connectivity index (χ1n) is 15.3. The summed E-state index contributed by atoms with van der Waals surface area (Å²) in [7, 11) is 1.82. The topological polar surface area (TPSA) is 88.4 Å². The maximum atomic E-state index is 13.7. The van der Waals surface area contributed by atoms with Crippen molar-refractivity contribution in [3.8, 4) is 0 Å². The number of aryl methyl sites for hydroxylation is 2. The summed E-state index contributed by atoms with van der Waals surface area (Å²) in [5.41, 5.74) is 1.27. The number of nitrogens with zero attached hydrogens (tertiary/aromatic N) is 6. The van der Waals surface area contributed by atoms with Crippen molar-refractivity contribution in [2.45, 2.75) is 95.0 Å². The highest BCUT2D eigenvalue weighted by atomic mass is 16.5. The summed E-state index contributed by atoms with van der Waals surface area (Å²) in [6.07, 6.45) is 11.8. The molecule has 212 valence electrons. The quantitative estimate of drug-likeness (QED) is 0.555. The van der Waals surface area contributed by atoms with E-state index in [1.807, 2.05) is 17.9 Å². The molecule has 1 aromatic heterocycles. The molecule has 39 heavy (non-hydrogen) atoms. The Balaban J connectivity index is 1.23. The summed E-state index contributed by atoms with van der Waals surface area (Å²) in [6.45, 7) is 4.71. The lowest BCUT2D eigenvalue weighted by atomic mass is 9.72. The lowest BCUT2D eigenvalue weighted by Gasteiger charge is -2.47. The standard InChI is InChI=1S/C30H45N7O2/c1-39-25-12-13-27-23(20-25)21-26(30(38)31-27)28(36-18-16-35(17-19-36)24-10-6-3-7-11-24)29-32-33-34-37(29)15-14-22-8-4-2-5-9-22/h2,4-5,8-9,23-28H,3,6-7,10-21H2,1H3,(H,31,38). The first-order valence-corrected chi connectivity index (χ1v) is 15.3. The number of rotatable bonds is 8. The SMILES string of the molecule is COC1CCC2NC(=O)C(C(c3nnnn3CCc3ccccc3)N3CCN(C4CCCCC4)CC3)CC2C1. The van der Waals surface area contributed by atoms with Gasteiger partial charge in [-0.05, 0) is 66.9 Å². The van der Waals surface area contributed by atoms with Gasteiger partial charge in [0.1, 0.15) is 0 Å². The Labute approximate surface area is 232 Å². The molecular weight excluding hydrogens is 490 g/mol. The zero-order chi connectivity index (χ0) is 26.6. The molecule has 5 unspecified atom stereocenters. The van der Waals surface area contributed by atoms with Gasteiger partial charge in [0, 0.05) is 51.9 Å². The fraction of sp³-hybridized carbons (Fsp3) is 0.733. The lowest BCUT2D eigenvalue weighted by Crippen LogP contribution is -2.58. The highest BCUT2D eigenvalue weighted by Gasteiger charge is 2.46. The molecule has 5 atom stereocenters. The highest BCUT2D eigenvalue weighted by Crippen LogP contribution is 2.41. The van der Waals surface area contributed by atoms with Crippen molar-refractivity contribution in [2.75, 3.05) is 33.3 Å². The fourth-order valence-corrected chi connectivity index (χ4v) is 7.77. The van der Waals surface area contributed by atoms with Gasteiger partial charge in [0.15, 0.2) is 5.82 Å². The number of methoxy groups -OCH3 is 1. The third-order valence-corrected chi connectivity index (χ3v) is 9.98. The Hall–Kier alpha value is -2.36. The van der Waals surface area contributed by atoms with E-state index >= 15 is 0 Å². The van der Waals surface area contributed by atoms with E-state index in [9.17, 15) is 4.79 Å². The van der Waals surface area contributed by atoms with E-state index in [2.05, 4.69) is 54.9 Å². The van der Waals surface area contributed by atoms with E-state index in [1.165, 1.54) is 37.7 Å². The Morgan fingerprint density at radius 1 is 1.00 bits per heavy atom. The molecule has 9 nitrogen and oxygen atoms in total. The van der Waals surface area contributed by atoms with Crippen molar-refractivity contribution >= 4 is 5.91 Å². The number of nitrogens with one attached hydrogen (secondary N) is 1. The molecule has 1 N–H and O–H groups in total. The lowest BCUT2D eigenvalue weighted by molar-refractivity contribution is -0.135. The average molecular weight is 536 g/mol. The van der Waals surface area contributed by atoms with Crippen molar-refractivity contribution in [2.24, 2.45) is 11.8 Å². The molecule has 9 heteroatoms. The Morgan fingerprint density at radius 3 is 2.56 bits per heavy atom. The number of ether oxygens (including phenoxy) is 1. The van der Waals surface area contributed by atoms with Crippen LogP contribution in [0.5, 0.6) is 0 Å². The van der Waals surface area contributed by atoms with Crippen LogP contribution in [0, 0.1) is 11.8 Å². The van der Waals surface area contributed by atoms with E-state index in [4.69, 9.17) is 4.74 Å². The maximum absolute atomic E-state index is 13.7. The number of carbonyl (C=O) groups is 1. The second-order valence-electron chi connectivity index (χ2n) is 12.2. The van der Waals surface area contributed by atoms with Crippen molar-refractivity contribution < 1.29 is 9.53 Å². The van der Waals surface area contributed by atoms with Crippen LogP contribution in [0.25, 0.3) is 0 Å². The zero-order valence-electron chi connectivity index (χ0n) is 23.5.